The van der Waals surface area contributed by atoms with Crippen LogP contribution in [-0.2, 0) is 11.2 Å². The van der Waals surface area contributed by atoms with Crippen LogP contribution in [0.25, 0.3) is 0 Å². The Morgan fingerprint density at radius 1 is 1.33 bits per heavy atom. The van der Waals surface area contributed by atoms with Gasteiger partial charge in [-0.05, 0) is 34.9 Å². The average molecular weight is 362 g/mol. The number of hydrogen-bond acceptors (Lipinski definition) is 5. The maximum atomic E-state index is 5.99. The van der Waals surface area contributed by atoms with Gasteiger partial charge in [0.15, 0.2) is 0 Å². The first kappa shape index (κ1) is 13.8. The molecule has 1 fully saturated rings. The lowest BCUT2D eigenvalue weighted by atomic mass is 10.1. The minimum absolute atomic E-state index is 0.561. The van der Waals surface area contributed by atoms with E-state index in [-0.39, 0.29) is 0 Å². The maximum Gasteiger partial charge on any atom is 0.227 e. The normalized spacial score (nSPS) is 16.3. The fourth-order valence-corrected chi connectivity index (χ4v) is 2.39. The summed E-state index contributed by atoms with van der Waals surface area (Å²) in [6.45, 7) is 7.50. The van der Waals surface area contributed by atoms with Crippen molar-refractivity contribution in [3.8, 4) is 0 Å². The fourth-order valence-electron chi connectivity index (χ4n) is 1.93. The summed E-state index contributed by atoms with van der Waals surface area (Å²) < 4.78 is 6.32. The predicted molar refractivity (Wildman–Crippen MR) is 80.7 cm³/mol. The van der Waals surface area contributed by atoms with E-state index in [2.05, 4.69) is 51.3 Å². The number of halogens is 1. The topological polar surface area (TPSA) is 64.3 Å². The highest BCUT2D eigenvalue weighted by molar-refractivity contribution is 14.1. The Bertz CT molecular complexity index is 419. The van der Waals surface area contributed by atoms with Gasteiger partial charge in [0.25, 0.3) is 0 Å². The molecule has 1 aliphatic heterocycles. The van der Waals surface area contributed by atoms with Crippen molar-refractivity contribution in [3.05, 3.63) is 9.26 Å². The summed E-state index contributed by atoms with van der Waals surface area (Å²) in [6, 6.07) is 0. The molecule has 1 aromatic rings. The van der Waals surface area contributed by atoms with E-state index in [1.165, 1.54) is 0 Å². The molecule has 2 rings (SSSR count). The number of ether oxygens (including phenoxy) is 1. The number of anilines is 2. The van der Waals surface area contributed by atoms with Crippen LogP contribution in [0.1, 0.15) is 19.5 Å². The summed E-state index contributed by atoms with van der Waals surface area (Å²) in [6.07, 6.45) is 0.933. The highest BCUT2D eigenvalue weighted by atomic mass is 127. The summed E-state index contributed by atoms with van der Waals surface area (Å²) in [7, 11) is 0. The second-order valence-corrected chi connectivity index (χ2v) is 5.95. The predicted octanol–water partition coefficient (Wildman–Crippen LogP) is 1.70. The minimum Gasteiger partial charge on any atom is -0.383 e. The van der Waals surface area contributed by atoms with Crippen LogP contribution in [0.15, 0.2) is 0 Å². The lowest BCUT2D eigenvalue weighted by Crippen LogP contribution is -2.37. The number of hydrogen-bond donors (Lipinski definition) is 1. The molecule has 100 valence electrons. The minimum atomic E-state index is 0.561. The van der Waals surface area contributed by atoms with E-state index in [4.69, 9.17) is 10.5 Å². The average Bonchev–Trinajstić information content (AvgIpc) is 2.35. The molecule has 0 amide bonds. The Kier molecular flexibility index (Phi) is 4.60. The second-order valence-electron chi connectivity index (χ2n) is 4.87. The van der Waals surface area contributed by atoms with Gasteiger partial charge in [0.1, 0.15) is 5.82 Å². The van der Waals surface area contributed by atoms with Crippen LogP contribution in [0.4, 0.5) is 11.8 Å². The van der Waals surface area contributed by atoms with Crippen molar-refractivity contribution in [2.75, 3.05) is 36.9 Å². The summed E-state index contributed by atoms with van der Waals surface area (Å²) in [4.78, 5) is 11.2. The second kappa shape index (κ2) is 6.01. The molecule has 0 aliphatic carbocycles. The number of aromatic nitrogens is 2. The first-order valence-electron chi connectivity index (χ1n) is 6.22. The molecule has 0 atom stereocenters. The molecule has 0 radical (unpaired) electrons. The number of nitrogens with zero attached hydrogens (tertiary/aromatic N) is 3. The largest absolute Gasteiger partial charge is 0.383 e. The first-order valence-corrected chi connectivity index (χ1v) is 7.30. The van der Waals surface area contributed by atoms with Crippen molar-refractivity contribution in [1.29, 1.82) is 0 Å². The summed E-state index contributed by atoms with van der Waals surface area (Å²) >= 11 is 2.23. The van der Waals surface area contributed by atoms with Crippen molar-refractivity contribution in [3.63, 3.8) is 0 Å². The molecule has 0 aromatic carbocycles. The number of nitrogen functional groups attached to an aromatic ring is 1. The molecule has 2 heterocycles. The van der Waals surface area contributed by atoms with E-state index in [9.17, 15) is 0 Å². The van der Waals surface area contributed by atoms with Crippen LogP contribution in [0.5, 0.6) is 0 Å². The van der Waals surface area contributed by atoms with Crippen LogP contribution in [0.2, 0.25) is 0 Å². The molecule has 18 heavy (non-hydrogen) atoms. The van der Waals surface area contributed by atoms with Crippen molar-refractivity contribution < 1.29 is 4.74 Å². The van der Waals surface area contributed by atoms with E-state index < -0.39 is 0 Å². The molecular weight excluding hydrogens is 343 g/mol. The lowest BCUT2D eigenvalue weighted by molar-refractivity contribution is 0.122. The van der Waals surface area contributed by atoms with Gasteiger partial charge in [0, 0.05) is 13.1 Å². The van der Waals surface area contributed by atoms with Crippen LogP contribution < -0.4 is 10.6 Å². The molecule has 1 aliphatic rings. The standard InChI is InChI=1S/C12H19IN4O/c1-8(2)7-9-10(13)11(14)16-12(15-9)17-3-5-18-6-4-17/h8H,3-7H2,1-2H3,(H2,14,15,16). The highest BCUT2D eigenvalue weighted by Crippen LogP contribution is 2.22. The molecule has 1 aromatic heterocycles. The van der Waals surface area contributed by atoms with Gasteiger partial charge in [-0.2, -0.15) is 4.98 Å². The number of rotatable bonds is 3. The zero-order valence-electron chi connectivity index (χ0n) is 10.8. The van der Waals surface area contributed by atoms with Gasteiger partial charge in [0.05, 0.1) is 22.5 Å². The lowest BCUT2D eigenvalue weighted by Gasteiger charge is -2.27. The van der Waals surface area contributed by atoms with E-state index in [1.54, 1.807) is 0 Å². The van der Waals surface area contributed by atoms with E-state index in [0.29, 0.717) is 11.7 Å². The van der Waals surface area contributed by atoms with Gasteiger partial charge in [-0.1, -0.05) is 13.8 Å². The van der Waals surface area contributed by atoms with Gasteiger partial charge in [0.2, 0.25) is 5.95 Å². The quantitative estimate of drug-likeness (QED) is 0.830. The molecule has 1 saturated heterocycles. The summed E-state index contributed by atoms with van der Waals surface area (Å²) in [5.41, 5.74) is 7.04. The Balaban J connectivity index is 2.27. The Morgan fingerprint density at radius 2 is 2.00 bits per heavy atom. The Morgan fingerprint density at radius 3 is 2.61 bits per heavy atom. The zero-order valence-corrected chi connectivity index (χ0v) is 13.0. The van der Waals surface area contributed by atoms with Crippen molar-refractivity contribution in [2.45, 2.75) is 20.3 Å². The third-order valence-corrected chi connectivity index (χ3v) is 4.00. The van der Waals surface area contributed by atoms with Crippen LogP contribution >= 0.6 is 22.6 Å². The van der Waals surface area contributed by atoms with Gasteiger partial charge in [-0.25, -0.2) is 4.98 Å². The fraction of sp³-hybridized carbons (Fsp3) is 0.667. The maximum absolute atomic E-state index is 5.99. The Labute approximate surface area is 121 Å². The monoisotopic (exact) mass is 362 g/mol. The van der Waals surface area contributed by atoms with Crippen molar-refractivity contribution in [2.24, 2.45) is 5.92 Å². The van der Waals surface area contributed by atoms with Crippen LogP contribution in [0.3, 0.4) is 0 Å². The van der Waals surface area contributed by atoms with E-state index in [0.717, 1.165) is 47.9 Å². The molecule has 0 bridgehead atoms. The van der Waals surface area contributed by atoms with Crippen LogP contribution in [-0.4, -0.2) is 36.3 Å². The van der Waals surface area contributed by atoms with E-state index >= 15 is 0 Å². The first-order chi connectivity index (χ1) is 8.58. The van der Waals surface area contributed by atoms with Crippen molar-refractivity contribution in [1.82, 2.24) is 9.97 Å². The molecular formula is C12H19IN4O. The van der Waals surface area contributed by atoms with Gasteiger partial charge < -0.3 is 15.4 Å². The highest BCUT2D eigenvalue weighted by Gasteiger charge is 2.18. The summed E-state index contributed by atoms with van der Waals surface area (Å²) in [5, 5.41) is 0. The van der Waals surface area contributed by atoms with Gasteiger partial charge in [-0.3, -0.25) is 0 Å². The third-order valence-electron chi connectivity index (χ3n) is 2.83. The molecule has 5 nitrogen and oxygen atoms in total. The Hall–Kier alpha value is -0.630. The zero-order chi connectivity index (χ0) is 13.1. The molecule has 0 spiro atoms. The summed E-state index contributed by atoms with van der Waals surface area (Å²) in [5.74, 6) is 1.89. The van der Waals surface area contributed by atoms with Gasteiger partial charge in [-0.15, -0.1) is 0 Å². The van der Waals surface area contributed by atoms with E-state index in [1.807, 2.05) is 0 Å². The molecule has 2 N–H and O–H groups in total. The van der Waals surface area contributed by atoms with Crippen LogP contribution in [0, 0.1) is 9.49 Å². The molecule has 0 saturated carbocycles. The number of nitrogens with two attached hydrogens (primary N) is 1. The number of morpholine rings is 1. The van der Waals surface area contributed by atoms with Crippen molar-refractivity contribution >= 4 is 34.4 Å². The van der Waals surface area contributed by atoms with Gasteiger partial charge >= 0.3 is 0 Å². The smallest absolute Gasteiger partial charge is 0.227 e. The molecule has 0 unspecified atom stereocenters. The SMILES string of the molecule is CC(C)Cc1nc(N2CCOCC2)nc(N)c1I. The third kappa shape index (κ3) is 3.23. The molecule has 6 heteroatoms.